The number of carbonyl (C=O) groups is 1. The summed E-state index contributed by atoms with van der Waals surface area (Å²) in [7, 11) is 0. The molecule has 2 atom stereocenters. The van der Waals surface area contributed by atoms with E-state index in [0.717, 1.165) is 32.4 Å². The van der Waals surface area contributed by atoms with Crippen molar-refractivity contribution in [1.82, 2.24) is 10.6 Å². The highest BCUT2D eigenvalue weighted by Crippen LogP contribution is 2.13. The quantitative estimate of drug-likeness (QED) is 0.684. The molecule has 1 aliphatic heterocycles. The third-order valence-electron chi connectivity index (χ3n) is 2.58. The van der Waals surface area contributed by atoms with Crippen LogP contribution in [0.2, 0.25) is 0 Å². The zero-order chi connectivity index (χ0) is 9.68. The normalized spacial score (nSPS) is 28.5. The fourth-order valence-corrected chi connectivity index (χ4v) is 1.62. The highest BCUT2D eigenvalue weighted by Gasteiger charge is 2.22. The summed E-state index contributed by atoms with van der Waals surface area (Å²) in [6, 6.07) is 0.579. The van der Waals surface area contributed by atoms with Crippen molar-refractivity contribution >= 4 is 5.91 Å². The summed E-state index contributed by atoms with van der Waals surface area (Å²) in [6.07, 6.45) is 3.16. The summed E-state index contributed by atoms with van der Waals surface area (Å²) in [5.74, 6) is 0.420. The van der Waals surface area contributed by atoms with E-state index in [-0.39, 0.29) is 11.8 Å². The smallest absolute Gasteiger partial charge is 0.224 e. The molecule has 1 amide bonds. The summed E-state index contributed by atoms with van der Waals surface area (Å²) in [5, 5.41) is 6.27. The van der Waals surface area contributed by atoms with E-state index < -0.39 is 0 Å². The van der Waals surface area contributed by atoms with E-state index in [0.29, 0.717) is 6.04 Å². The van der Waals surface area contributed by atoms with Gasteiger partial charge in [0.25, 0.3) is 0 Å². The molecule has 0 aliphatic carbocycles. The minimum Gasteiger partial charge on any atom is -0.356 e. The van der Waals surface area contributed by atoms with Gasteiger partial charge in [0.1, 0.15) is 0 Å². The third-order valence-corrected chi connectivity index (χ3v) is 2.58. The van der Waals surface area contributed by atoms with Crippen molar-refractivity contribution in [1.29, 1.82) is 0 Å². The molecule has 0 aromatic heterocycles. The van der Waals surface area contributed by atoms with Crippen LogP contribution in [0.5, 0.6) is 0 Å². The van der Waals surface area contributed by atoms with Crippen LogP contribution in [0.25, 0.3) is 0 Å². The molecule has 13 heavy (non-hydrogen) atoms. The lowest BCUT2D eigenvalue weighted by Crippen LogP contribution is -2.44. The molecule has 1 rings (SSSR count). The number of piperidine rings is 1. The lowest BCUT2D eigenvalue weighted by molar-refractivity contribution is -0.125. The predicted molar refractivity (Wildman–Crippen MR) is 53.5 cm³/mol. The number of hydrogen-bond donors (Lipinski definition) is 2. The molecule has 1 fully saturated rings. The minimum absolute atomic E-state index is 0.197. The van der Waals surface area contributed by atoms with Gasteiger partial charge in [-0.25, -0.2) is 0 Å². The highest BCUT2D eigenvalue weighted by molar-refractivity contribution is 5.78. The number of carbonyl (C=O) groups excluding carboxylic acids is 1. The fraction of sp³-hybridized carbons (Fsp3) is 0.900. The first-order chi connectivity index (χ1) is 6.24. The van der Waals surface area contributed by atoms with Crippen molar-refractivity contribution in [2.45, 2.75) is 39.2 Å². The second kappa shape index (κ2) is 5.22. The van der Waals surface area contributed by atoms with Crippen LogP contribution in [0.4, 0.5) is 0 Å². The fourth-order valence-electron chi connectivity index (χ4n) is 1.62. The monoisotopic (exact) mass is 184 g/mol. The van der Waals surface area contributed by atoms with E-state index in [1.807, 2.05) is 0 Å². The third kappa shape index (κ3) is 3.35. The molecule has 0 spiro atoms. The Morgan fingerprint density at radius 1 is 1.54 bits per heavy atom. The lowest BCUT2D eigenvalue weighted by Gasteiger charge is -2.26. The van der Waals surface area contributed by atoms with Crippen molar-refractivity contribution in [3.05, 3.63) is 0 Å². The molecule has 0 saturated carbocycles. The maximum absolute atomic E-state index is 11.5. The minimum atomic E-state index is 0.197. The Labute approximate surface area is 80.3 Å². The molecular weight excluding hydrogens is 164 g/mol. The maximum atomic E-state index is 11.5. The van der Waals surface area contributed by atoms with Crippen LogP contribution in [0, 0.1) is 5.92 Å². The Bertz CT molecular complexity index is 162. The molecule has 76 valence electrons. The van der Waals surface area contributed by atoms with E-state index in [9.17, 15) is 4.79 Å². The van der Waals surface area contributed by atoms with Gasteiger partial charge in [0.05, 0.1) is 5.92 Å². The van der Waals surface area contributed by atoms with Gasteiger partial charge in [-0.2, -0.15) is 0 Å². The highest BCUT2D eigenvalue weighted by atomic mass is 16.1. The average molecular weight is 184 g/mol. The number of rotatable bonds is 3. The number of amides is 1. The summed E-state index contributed by atoms with van der Waals surface area (Å²) >= 11 is 0. The first-order valence-corrected chi connectivity index (χ1v) is 5.25. The van der Waals surface area contributed by atoms with Gasteiger partial charge < -0.3 is 10.6 Å². The number of nitrogens with one attached hydrogen (secondary N) is 2. The van der Waals surface area contributed by atoms with Gasteiger partial charge in [-0.1, -0.05) is 6.92 Å². The molecule has 3 heteroatoms. The molecule has 1 aliphatic rings. The number of hydrogen-bond acceptors (Lipinski definition) is 2. The van der Waals surface area contributed by atoms with Crippen LogP contribution in [0.1, 0.15) is 33.1 Å². The van der Waals surface area contributed by atoms with E-state index in [1.165, 1.54) is 0 Å². The van der Waals surface area contributed by atoms with Crippen LogP contribution in [0.15, 0.2) is 0 Å². The van der Waals surface area contributed by atoms with Crippen molar-refractivity contribution in [3.63, 3.8) is 0 Å². The summed E-state index contributed by atoms with van der Waals surface area (Å²) < 4.78 is 0. The Balaban J connectivity index is 2.23. The lowest BCUT2D eigenvalue weighted by atomic mass is 9.95. The van der Waals surface area contributed by atoms with Crippen molar-refractivity contribution in [2.75, 3.05) is 13.1 Å². The van der Waals surface area contributed by atoms with E-state index in [4.69, 9.17) is 0 Å². The van der Waals surface area contributed by atoms with Gasteiger partial charge >= 0.3 is 0 Å². The first kappa shape index (κ1) is 10.5. The standard InChI is InChI=1S/C10H20N2O/c1-3-6-11-10(13)9-5-4-8(2)12-7-9/h8-9,12H,3-7H2,1-2H3,(H,11,13). The topological polar surface area (TPSA) is 41.1 Å². The predicted octanol–water partition coefficient (Wildman–Crippen LogP) is 0.901. The second-order valence-electron chi connectivity index (χ2n) is 3.87. The molecule has 1 heterocycles. The van der Waals surface area contributed by atoms with Crippen LogP contribution < -0.4 is 10.6 Å². The summed E-state index contributed by atoms with van der Waals surface area (Å²) in [6.45, 7) is 5.89. The van der Waals surface area contributed by atoms with E-state index in [1.54, 1.807) is 0 Å². The Kier molecular flexibility index (Phi) is 4.22. The zero-order valence-corrected chi connectivity index (χ0v) is 8.60. The molecule has 2 N–H and O–H groups in total. The van der Waals surface area contributed by atoms with Crippen LogP contribution >= 0.6 is 0 Å². The summed E-state index contributed by atoms with van der Waals surface area (Å²) in [5.41, 5.74) is 0. The summed E-state index contributed by atoms with van der Waals surface area (Å²) in [4.78, 5) is 11.5. The van der Waals surface area contributed by atoms with Gasteiger partial charge in [-0.3, -0.25) is 4.79 Å². The van der Waals surface area contributed by atoms with Crippen molar-refractivity contribution in [3.8, 4) is 0 Å². The molecule has 3 nitrogen and oxygen atoms in total. The Morgan fingerprint density at radius 2 is 2.31 bits per heavy atom. The molecular formula is C10H20N2O. The maximum Gasteiger partial charge on any atom is 0.224 e. The molecule has 0 aromatic rings. The van der Waals surface area contributed by atoms with Gasteiger partial charge in [0, 0.05) is 19.1 Å². The van der Waals surface area contributed by atoms with Crippen LogP contribution in [0.3, 0.4) is 0 Å². The van der Waals surface area contributed by atoms with Gasteiger partial charge in [-0.05, 0) is 26.2 Å². The van der Waals surface area contributed by atoms with Gasteiger partial charge in [0.2, 0.25) is 5.91 Å². The zero-order valence-electron chi connectivity index (χ0n) is 8.60. The molecule has 1 saturated heterocycles. The van der Waals surface area contributed by atoms with Crippen LogP contribution in [-0.2, 0) is 4.79 Å². The largest absolute Gasteiger partial charge is 0.356 e. The average Bonchev–Trinajstić information content (AvgIpc) is 2.15. The van der Waals surface area contributed by atoms with Crippen molar-refractivity contribution in [2.24, 2.45) is 5.92 Å². The molecule has 0 bridgehead atoms. The molecule has 0 radical (unpaired) electrons. The molecule has 0 aromatic carbocycles. The van der Waals surface area contributed by atoms with Gasteiger partial charge in [-0.15, -0.1) is 0 Å². The van der Waals surface area contributed by atoms with Gasteiger partial charge in [0.15, 0.2) is 0 Å². The second-order valence-corrected chi connectivity index (χ2v) is 3.87. The SMILES string of the molecule is CCCNC(=O)C1CCC(C)NC1. The first-order valence-electron chi connectivity index (χ1n) is 5.25. The van der Waals surface area contributed by atoms with Crippen LogP contribution in [-0.4, -0.2) is 25.0 Å². The van der Waals surface area contributed by atoms with E-state index >= 15 is 0 Å². The Hall–Kier alpha value is -0.570. The molecule has 2 unspecified atom stereocenters. The van der Waals surface area contributed by atoms with E-state index in [2.05, 4.69) is 24.5 Å². The van der Waals surface area contributed by atoms with Crippen molar-refractivity contribution < 1.29 is 4.79 Å². The Morgan fingerprint density at radius 3 is 2.85 bits per heavy atom.